The summed E-state index contributed by atoms with van der Waals surface area (Å²) in [6, 6.07) is 35.3. The molecule has 3 aromatic heterocycles. The number of carbonyl (C=O) groups excluding carboxylic acids is 3. The van der Waals surface area contributed by atoms with Crippen LogP contribution in [0.15, 0.2) is 150 Å². The number of phenolic OH excluding ortho intramolecular Hbond substituents is 4. The second kappa shape index (κ2) is 18.6. The second-order valence-corrected chi connectivity index (χ2v) is 16.5. The maximum atomic E-state index is 13.1. The van der Waals surface area contributed by atoms with E-state index < -0.39 is 0 Å². The van der Waals surface area contributed by atoms with Gasteiger partial charge >= 0.3 is 0 Å². The molecule has 0 saturated carbocycles. The zero-order chi connectivity index (χ0) is 45.1. The normalized spacial score (nSPS) is 11.0. The largest absolute Gasteiger partial charge is 0.508 e. The summed E-state index contributed by atoms with van der Waals surface area (Å²) in [5, 5.41) is 40.3. The molecule has 12 heteroatoms. The summed E-state index contributed by atoms with van der Waals surface area (Å²) in [5.74, 6) is 1.98. The van der Waals surface area contributed by atoms with Gasteiger partial charge in [-0.1, -0.05) is 57.2 Å². The van der Waals surface area contributed by atoms with Crippen LogP contribution in [0.4, 0.5) is 0 Å². The van der Waals surface area contributed by atoms with Crippen molar-refractivity contribution >= 4 is 82.1 Å². The Bertz CT molecular complexity index is 3130. The Hall–Kier alpha value is -6.89. The van der Waals surface area contributed by atoms with Crippen molar-refractivity contribution < 1.29 is 48.1 Å². The van der Waals surface area contributed by atoms with Gasteiger partial charge in [-0.05, 0) is 130 Å². The number of carbonyl (C=O) groups is 3. The Kier molecular flexibility index (Phi) is 13.1. The number of halogens is 2. The topological polar surface area (TPSA) is 172 Å². The molecule has 0 saturated heterocycles. The monoisotopic (exact) mass is 970 g/mol. The van der Waals surface area contributed by atoms with E-state index in [-0.39, 0.29) is 46.3 Å². The highest BCUT2D eigenvalue weighted by Crippen LogP contribution is 2.38. The predicted octanol–water partition coefficient (Wildman–Crippen LogP) is 13.3. The highest BCUT2D eigenvalue weighted by atomic mass is 79.9. The molecule has 0 aliphatic rings. The van der Waals surface area contributed by atoms with Gasteiger partial charge in [-0.25, -0.2) is 0 Å². The number of furan rings is 3. The van der Waals surface area contributed by atoms with Crippen LogP contribution in [0.25, 0.3) is 32.9 Å². The quantitative estimate of drug-likeness (QED) is 0.107. The number of phenols is 4. The summed E-state index contributed by atoms with van der Waals surface area (Å²) < 4.78 is 18.1. The number of hydrogen-bond donors (Lipinski definition) is 4. The van der Waals surface area contributed by atoms with Gasteiger partial charge in [0.1, 0.15) is 57.0 Å². The first-order chi connectivity index (χ1) is 30.2. The van der Waals surface area contributed by atoms with Crippen LogP contribution in [0.3, 0.4) is 0 Å². The number of rotatable bonds is 8. The van der Waals surface area contributed by atoms with Gasteiger partial charge in [0.25, 0.3) is 0 Å². The summed E-state index contributed by atoms with van der Waals surface area (Å²) in [4.78, 5) is 38.3. The minimum atomic E-state index is -0.184. The molecule has 318 valence electrons. The second-order valence-electron chi connectivity index (χ2n) is 14.8. The Balaban J connectivity index is 0.000000142. The van der Waals surface area contributed by atoms with E-state index in [1.54, 1.807) is 49.4 Å². The Morgan fingerprint density at radius 3 is 1.52 bits per heavy atom. The van der Waals surface area contributed by atoms with E-state index in [4.69, 9.17) is 13.3 Å². The van der Waals surface area contributed by atoms with Crippen LogP contribution in [0, 0.1) is 6.92 Å². The summed E-state index contributed by atoms with van der Waals surface area (Å²) in [5.41, 5.74) is 5.11. The first-order valence-electron chi connectivity index (χ1n) is 19.8. The number of ketones is 3. The highest BCUT2D eigenvalue weighted by molar-refractivity contribution is 9.11. The molecule has 0 aliphatic heterocycles. The average Bonchev–Trinajstić information content (AvgIpc) is 3.96. The molecule has 0 unspecified atom stereocenters. The summed E-state index contributed by atoms with van der Waals surface area (Å²) >= 11 is 6.54. The van der Waals surface area contributed by atoms with Crippen LogP contribution in [0.1, 0.15) is 91.7 Å². The van der Waals surface area contributed by atoms with Crippen LogP contribution in [-0.2, 0) is 6.42 Å². The lowest BCUT2D eigenvalue weighted by Gasteiger charge is -2.08. The van der Waals surface area contributed by atoms with E-state index in [9.17, 15) is 34.8 Å². The smallest absolute Gasteiger partial charge is 0.197 e. The zero-order valence-electron chi connectivity index (χ0n) is 34.4. The molecule has 9 aromatic rings. The van der Waals surface area contributed by atoms with Gasteiger partial charge in [-0.2, -0.15) is 0 Å². The minimum Gasteiger partial charge on any atom is -0.508 e. The molecular weight excluding hydrogens is 932 g/mol. The number of hydrogen-bond acceptors (Lipinski definition) is 10. The highest BCUT2D eigenvalue weighted by Gasteiger charge is 2.25. The molecule has 0 amide bonds. The maximum absolute atomic E-state index is 13.1. The van der Waals surface area contributed by atoms with Gasteiger partial charge in [0, 0.05) is 45.2 Å². The van der Waals surface area contributed by atoms with Crippen LogP contribution in [0.2, 0.25) is 0 Å². The Morgan fingerprint density at radius 1 is 0.524 bits per heavy atom. The van der Waals surface area contributed by atoms with Crippen molar-refractivity contribution in [1.82, 2.24) is 0 Å². The molecule has 0 spiro atoms. The molecule has 10 nitrogen and oxygen atoms in total. The predicted molar refractivity (Wildman–Crippen MR) is 249 cm³/mol. The van der Waals surface area contributed by atoms with E-state index in [2.05, 4.69) is 31.9 Å². The van der Waals surface area contributed by atoms with Gasteiger partial charge in [0.05, 0.1) is 25.6 Å². The van der Waals surface area contributed by atoms with Crippen LogP contribution in [0.5, 0.6) is 23.0 Å². The van der Waals surface area contributed by atoms with Crippen molar-refractivity contribution in [2.24, 2.45) is 0 Å². The van der Waals surface area contributed by atoms with Gasteiger partial charge in [0.15, 0.2) is 17.3 Å². The van der Waals surface area contributed by atoms with Gasteiger partial charge in [0.2, 0.25) is 0 Å². The molecule has 3 heterocycles. The average molecular weight is 973 g/mol. The number of fused-ring (bicyclic) bond motifs is 3. The van der Waals surface area contributed by atoms with Gasteiger partial charge in [-0.15, -0.1) is 0 Å². The van der Waals surface area contributed by atoms with Crippen molar-refractivity contribution in [2.75, 3.05) is 0 Å². The molecule has 6 aromatic carbocycles. The van der Waals surface area contributed by atoms with E-state index in [0.29, 0.717) is 88.2 Å². The zero-order valence-corrected chi connectivity index (χ0v) is 37.6. The van der Waals surface area contributed by atoms with Crippen molar-refractivity contribution in [1.29, 1.82) is 0 Å². The third-order valence-corrected chi connectivity index (χ3v) is 11.4. The van der Waals surface area contributed by atoms with Crippen molar-refractivity contribution in [3.63, 3.8) is 0 Å². The van der Waals surface area contributed by atoms with Crippen LogP contribution >= 0.6 is 31.9 Å². The third-order valence-electron chi connectivity index (χ3n) is 10.2. The van der Waals surface area contributed by atoms with E-state index in [0.717, 1.165) is 10.8 Å². The molecule has 9 rings (SSSR count). The van der Waals surface area contributed by atoms with Gasteiger partial charge < -0.3 is 33.7 Å². The van der Waals surface area contributed by atoms with Gasteiger partial charge in [-0.3, -0.25) is 14.4 Å². The summed E-state index contributed by atoms with van der Waals surface area (Å²) in [6.45, 7) is 7.69. The third kappa shape index (κ3) is 9.18. The van der Waals surface area contributed by atoms with Crippen LogP contribution < -0.4 is 0 Å². The minimum absolute atomic E-state index is 0.0719. The lowest BCUT2D eigenvalue weighted by molar-refractivity contribution is 0.103. The number of benzene rings is 6. The molecule has 0 aliphatic carbocycles. The number of aromatic hydroxyl groups is 4. The molecule has 0 atom stereocenters. The Labute approximate surface area is 378 Å². The number of aryl methyl sites for hydroxylation is 2. The molecule has 0 radical (unpaired) electrons. The fourth-order valence-electron chi connectivity index (χ4n) is 7.14. The molecule has 0 bridgehead atoms. The number of para-hydroxylation sites is 2. The Morgan fingerprint density at radius 2 is 0.984 bits per heavy atom. The molecular formula is C51H40Br2O10. The fraction of sp³-hybridized carbons (Fsp3) is 0.118. The van der Waals surface area contributed by atoms with Crippen LogP contribution in [-0.4, -0.2) is 37.8 Å². The molecule has 63 heavy (non-hydrogen) atoms. The van der Waals surface area contributed by atoms with E-state index >= 15 is 0 Å². The lowest BCUT2D eigenvalue weighted by atomic mass is 9.96. The molecule has 0 fully saturated rings. The van der Waals surface area contributed by atoms with E-state index in [1.165, 1.54) is 36.4 Å². The summed E-state index contributed by atoms with van der Waals surface area (Å²) in [7, 11) is 0. The fourth-order valence-corrected chi connectivity index (χ4v) is 8.33. The first kappa shape index (κ1) is 44.2. The summed E-state index contributed by atoms with van der Waals surface area (Å²) in [6.07, 6.45) is 0.578. The van der Waals surface area contributed by atoms with Crippen molar-refractivity contribution in [3.8, 4) is 23.0 Å². The maximum Gasteiger partial charge on any atom is 0.197 e. The van der Waals surface area contributed by atoms with Crippen molar-refractivity contribution in [3.05, 3.63) is 187 Å². The lowest BCUT2D eigenvalue weighted by Crippen LogP contribution is -2.05. The SMILES string of the molecule is CC(C)c1oc2ccccc2c1C(=O)c1cc(Br)c(O)c(Br)c1.CCc1oc2ccc(O)cc2c1C(=O)c1ccc(O)cc1.Cc1oc2ccccc2c1C(=O)c1ccc(O)cc1. The van der Waals surface area contributed by atoms with E-state index in [1.807, 2.05) is 69.3 Å². The first-order valence-corrected chi connectivity index (χ1v) is 21.4. The van der Waals surface area contributed by atoms with Crippen molar-refractivity contribution in [2.45, 2.75) is 40.0 Å². The molecule has 4 N–H and O–H groups in total. The standard InChI is InChI=1S/C18H14Br2O3.C17H14O4.C16H12O3/c1-9(2)18-15(11-5-3-4-6-14(11)23-18)16(21)10-7-12(19)17(22)13(20)8-10;1-2-14-16(13-9-12(19)7-8-15(13)21-14)17(20)10-3-5-11(18)6-4-10;1-10-15(13-4-2-3-5-14(13)19-10)16(18)11-6-8-12(17)9-7-11/h3-9,22H,1-2H3;3-9,18-19H,2H2,1H3;2-9,17H,1H3.